The fourth-order valence-corrected chi connectivity index (χ4v) is 6.12. The number of carbonyl (C=O) groups excluding carboxylic acids is 1. The molecule has 6 nitrogen and oxygen atoms in total. The third kappa shape index (κ3) is 4.28. The highest BCUT2D eigenvalue weighted by Gasteiger charge is 2.62. The van der Waals surface area contributed by atoms with Gasteiger partial charge in [-0.15, -0.1) is 0 Å². The van der Waals surface area contributed by atoms with Gasteiger partial charge < -0.3 is 9.64 Å². The van der Waals surface area contributed by atoms with Gasteiger partial charge in [0, 0.05) is 23.9 Å². The first-order valence-electron chi connectivity index (χ1n) is 11.4. The number of hydrogen-bond acceptors (Lipinski definition) is 4. The molecular weight excluding hydrogens is 462 g/mol. The highest BCUT2D eigenvalue weighted by molar-refractivity contribution is 7.92. The fraction of sp³-hybridized carbons (Fsp3) is 0.400. The van der Waals surface area contributed by atoms with Gasteiger partial charge in [0.15, 0.2) is 0 Å². The van der Waals surface area contributed by atoms with E-state index in [0.717, 1.165) is 18.4 Å². The SMILES string of the molecule is O=C([C@H]1CCO1)N1CC2(CC2)[C@H](NS(=O)(=O)/C=C/F)[C@@H]1Cc1cccc(-c2ccccc2)c1F. The minimum absolute atomic E-state index is 0.0278. The van der Waals surface area contributed by atoms with Crippen LogP contribution in [-0.4, -0.2) is 50.6 Å². The van der Waals surface area contributed by atoms with Crippen LogP contribution in [0, 0.1) is 11.2 Å². The van der Waals surface area contributed by atoms with Gasteiger partial charge >= 0.3 is 0 Å². The summed E-state index contributed by atoms with van der Waals surface area (Å²) in [5, 5.41) is 0.469. The van der Waals surface area contributed by atoms with Gasteiger partial charge in [0.25, 0.3) is 5.91 Å². The maximum Gasteiger partial charge on any atom is 0.252 e. The largest absolute Gasteiger partial charge is 0.368 e. The normalized spacial score (nSPS) is 25.6. The van der Waals surface area contributed by atoms with Crippen molar-refractivity contribution in [1.82, 2.24) is 9.62 Å². The van der Waals surface area contributed by atoms with E-state index in [9.17, 15) is 17.6 Å². The van der Waals surface area contributed by atoms with Crippen molar-refractivity contribution >= 4 is 15.9 Å². The smallest absolute Gasteiger partial charge is 0.252 e. The topological polar surface area (TPSA) is 75.7 Å². The van der Waals surface area contributed by atoms with Crippen molar-refractivity contribution in [2.24, 2.45) is 5.41 Å². The predicted molar refractivity (Wildman–Crippen MR) is 123 cm³/mol. The zero-order chi connectivity index (χ0) is 23.9. The maximum atomic E-state index is 15.6. The summed E-state index contributed by atoms with van der Waals surface area (Å²) in [5.41, 5.74) is 1.12. The lowest BCUT2D eigenvalue weighted by Gasteiger charge is -2.34. The first-order chi connectivity index (χ1) is 16.3. The number of amides is 1. The average Bonchev–Trinajstić information content (AvgIpc) is 3.49. The van der Waals surface area contributed by atoms with Crippen LogP contribution < -0.4 is 4.72 Å². The summed E-state index contributed by atoms with van der Waals surface area (Å²) in [6, 6.07) is 13.0. The number of nitrogens with one attached hydrogen (secondary N) is 1. The Bertz CT molecular complexity index is 1210. The number of nitrogens with zero attached hydrogens (tertiary/aromatic N) is 1. The molecule has 2 saturated heterocycles. The quantitative estimate of drug-likeness (QED) is 0.647. The van der Waals surface area contributed by atoms with Gasteiger partial charge in [0.05, 0.1) is 30.4 Å². The third-order valence-electron chi connectivity index (χ3n) is 7.19. The van der Waals surface area contributed by atoms with Crippen LogP contribution in [0.4, 0.5) is 8.78 Å². The number of carbonyl (C=O) groups is 1. The third-order valence-corrected chi connectivity index (χ3v) is 8.24. The molecule has 1 spiro atoms. The van der Waals surface area contributed by atoms with Gasteiger partial charge in [0.1, 0.15) is 11.9 Å². The predicted octanol–water partition coefficient (Wildman–Crippen LogP) is 3.54. The van der Waals surface area contributed by atoms with E-state index in [1.807, 2.05) is 30.3 Å². The molecule has 34 heavy (non-hydrogen) atoms. The van der Waals surface area contributed by atoms with E-state index in [1.165, 1.54) is 0 Å². The van der Waals surface area contributed by atoms with E-state index in [-0.39, 0.29) is 18.7 Å². The number of ether oxygens (including phenoxy) is 1. The lowest BCUT2D eigenvalue weighted by Crippen LogP contribution is -2.52. The van der Waals surface area contributed by atoms with Crippen LogP contribution in [0.25, 0.3) is 11.1 Å². The molecule has 0 radical (unpaired) electrons. The number of sulfonamides is 1. The Labute approximate surface area is 197 Å². The monoisotopic (exact) mass is 488 g/mol. The first kappa shape index (κ1) is 23.1. The molecule has 2 heterocycles. The average molecular weight is 489 g/mol. The van der Waals surface area contributed by atoms with Crippen molar-refractivity contribution < 1.29 is 26.7 Å². The summed E-state index contributed by atoms with van der Waals surface area (Å²) < 4.78 is 61.2. The van der Waals surface area contributed by atoms with Gasteiger partial charge in [-0.3, -0.25) is 4.79 Å². The Kier molecular flexibility index (Phi) is 6.03. The molecule has 1 amide bonds. The molecule has 3 atom stereocenters. The Balaban J connectivity index is 1.51. The van der Waals surface area contributed by atoms with Crippen LogP contribution in [0.15, 0.2) is 60.3 Å². The Morgan fingerprint density at radius 1 is 1.18 bits per heavy atom. The highest BCUT2D eigenvalue weighted by atomic mass is 32.2. The zero-order valence-corrected chi connectivity index (χ0v) is 19.3. The van der Waals surface area contributed by atoms with Gasteiger partial charge in [-0.1, -0.05) is 48.5 Å². The van der Waals surface area contributed by atoms with Crippen LogP contribution in [-0.2, 0) is 26.0 Å². The molecular formula is C25H26F2N2O4S. The van der Waals surface area contributed by atoms with Crippen molar-refractivity contribution in [3.63, 3.8) is 0 Å². The van der Waals surface area contributed by atoms with Crippen LogP contribution >= 0.6 is 0 Å². The standard InChI is InChI=1S/C25H26F2N2O4S/c26-12-14-34(31,32)28-23-20(29(16-25(23)10-11-25)24(30)21-9-13-33-21)15-18-7-4-8-19(22(18)27)17-5-2-1-3-6-17/h1-8,12,14,20-21,23,28H,9-11,13,15-16H2/b14-12+/t20-,21+,23+/m0/s1. The van der Waals surface area contributed by atoms with Crippen molar-refractivity contribution in [2.45, 2.75) is 43.9 Å². The summed E-state index contributed by atoms with van der Waals surface area (Å²) >= 11 is 0. The molecule has 2 aromatic carbocycles. The van der Waals surface area contributed by atoms with E-state index in [1.54, 1.807) is 23.1 Å². The van der Waals surface area contributed by atoms with Crippen molar-refractivity contribution in [2.75, 3.05) is 13.2 Å². The van der Waals surface area contributed by atoms with E-state index in [4.69, 9.17) is 4.74 Å². The first-order valence-corrected chi connectivity index (χ1v) is 12.9. The molecule has 0 aromatic heterocycles. The molecule has 2 aromatic rings. The number of rotatable bonds is 7. The van der Waals surface area contributed by atoms with Crippen molar-refractivity contribution in [3.8, 4) is 11.1 Å². The van der Waals surface area contributed by atoms with E-state index in [0.29, 0.717) is 36.1 Å². The molecule has 2 aliphatic heterocycles. The van der Waals surface area contributed by atoms with Crippen molar-refractivity contribution in [3.05, 3.63) is 71.6 Å². The summed E-state index contributed by atoms with van der Waals surface area (Å²) in [7, 11) is -4.06. The van der Waals surface area contributed by atoms with E-state index < -0.39 is 39.4 Å². The molecule has 1 N–H and O–H groups in total. The molecule has 180 valence electrons. The second kappa shape index (κ2) is 8.87. The summed E-state index contributed by atoms with van der Waals surface area (Å²) in [5.74, 6) is -0.604. The lowest BCUT2D eigenvalue weighted by molar-refractivity contribution is -0.157. The minimum Gasteiger partial charge on any atom is -0.368 e. The molecule has 5 rings (SSSR count). The summed E-state index contributed by atoms with van der Waals surface area (Å²) in [6.07, 6.45) is 1.61. The second-order valence-electron chi connectivity index (χ2n) is 9.30. The minimum atomic E-state index is -4.06. The summed E-state index contributed by atoms with van der Waals surface area (Å²) in [4.78, 5) is 14.9. The van der Waals surface area contributed by atoms with Crippen LogP contribution in [0.5, 0.6) is 0 Å². The van der Waals surface area contributed by atoms with Gasteiger partial charge in [-0.2, -0.15) is 0 Å². The Hall–Kier alpha value is -2.62. The number of likely N-dealkylation sites (tertiary alicyclic amines) is 1. The van der Waals surface area contributed by atoms with Gasteiger partial charge in [-0.25, -0.2) is 21.9 Å². The van der Waals surface area contributed by atoms with Crippen LogP contribution in [0.1, 0.15) is 24.8 Å². The number of hydrogen-bond donors (Lipinski definition) is 1. The molecule has 9 heteroatoms. The maximum absolute atomic E-state index is 15.6. The summed E-state index contributed by atoms with van der Waals surface area (Å²) in [6.45, 7) is 0.869. The Morgan fingerprint density at radius 2 is 1.91 bits per heavy atom. The van der Waals surface area contributed by atoms with Gasteiger partial charge in [0.2, 0.25) is 10.0 Å². The van der Waals surface area contributed by atoms with Crippen LogP contribution in [0.2, 0.25) is 0 Å². The fourth-order valence-electron chi connectivity index (χ4n) is 5.15. The second-order valence-corrected chi connectivity index (χ2v) is 10.9. The Morgan fingerprint density at radius 3 is 2.53 bits per heavy atom. The molecule has 0 bridgehead atoms. The highest BCUT2D eigenvalue weighted by Crippen LogP contribution is 2.56. The molecule has 3 fully saturated rings. The molecule has 1 saturated carbocycles. The van der Waals surface area contributed by atoms with E-state index >= 15 is 4.39 Å². The zero-order valence-electron chi connectivity index (χ0n) is 18.5. The lowest BCUT2D eigenvalue weighted by atomic mass is 9.91. The van der Waals surface area contributed by atoms with Gasteiger partial charge in [-0.05, 0) is 30.4 Å². The molecule has 1 aliphatic carbocycles. The molecule has 0 unspecified atom stereocenters. The number of halogens is 2. The number of benzene rings is 2. The van der Waals surface area contributed by atoms with E-state index in [2.05, 4.69) is 4.72 Å². The van der Waals surface area contributed by atoms with Crippen molar-refractivity contribution in [1.29, 1.82) is 0 Å². The van der Waals surface area contributed by atoms with Crippen LogP contribution in [0.3, 0.4) is 0 Å². The molecule has 3 aliphatic rings.